The van der Waals surface area contributed by atoms with Crippen molar-refractivity contribution in [3.8, 4) is 0 Å². The average Bonchev–Trinajstić information content (AvgIpc) is 2.40. The Kier molecular flexibility index (Phi) is 4.04. The minimum atomic E-state index is -4.62. The lowest BCUT2D eigenvalue weighted by Crippen LogP contribution is -2.17. The summed E-state index contributed by atoms with van der Waals surface area (Å²) in [6, 6.07) is 7.84. The molecule has 1 aromatic heterocycles. The molecule has 0 saturated heterocycles. The fourth-order valence-electron chi connectivity index (χ4n) is 1.58. The van der Waals surface area contributed by atoms with Crippen molar-refractivity contribution in [3.05, 3.63) is 52.7 Å². The van der Waals surface area contributed by atoms with Gasteiger partial charge in [-0.25, -0.2) is 4.98 Å². The van der Waals surface area contributed by atoms with Gasteiger partial charge in [-0.15, -0.1) is 0 Å². The highest BCUT2D eigenvalue weighted by Gasteiger charge is 2.33. The quantitative estimate of drug-likeness (QED) is 0.909. The first-order chi connectivity index (χ1) is 9.77. The number of benzene rings is 1. The molecular formula is C13H9ClF3N3O. The first kappa shape index (κ1) is 15.1. The molecule has 21 heavy (non-hydrogen) atoms. The van der Waals surface area contributed by atoms with Crippen LogP contribution in [0.5, 0.6) is 0 Å². The summed E-state index contributed by atoms with van der Waals surface area (Å²) in [5, 5.41) is 3.09. The van der Waals surface area contributed by atoms with Crippen LogP contribution in [0.3, 0.4) is 0 Å². The maximum absolute atomic E-state index is 12.7. The van der Waals surface area contributed by atoms with Gasteiger partial charge in [0, 0.05) is 10.7 Å². The van der Waals surface area contributed by atoms with Gasteiger partial charge in [0.1, 0.15) is 11.5 Å². The summed E-state index contributed by atoms with van der Waals surface area (Å²) in [4.78, 5) is 14.7. The maximum atomic E-state index is 12.7. The van der Waals surface area contributed by atoms with E-state index < -0.39 is 17.8 Å². The summed E-state index contributed by atoms with van der Waals surface area (Å²) in [6.07, 6.45) is -4.62. The van der Waals surface area contributed by atoms with Gasteiger partial charge < -0.3 is 11.1 Å². The Hall–Kier alpha value is -2.28. The van der Waals surface area contributed by atoms with Crippen molar-refractivity contribution in [2.45, 2.75) is 6.18 Å². The highest BCUT2D eigenvalue weighted by Crippen LogP contribution is 2.30. The molecule has 1 aromatic carbocycles. The van der Waals surface area contributed by atoms with E-state index in [4.69, 9.17) is 17.3 Å². The first-order valence-corrected chi connectivity index (χ1v) is 6.06. The molecule has 2 rings (SSSR count). The van der Waals surface area contributed by atoms with Gasteiger partial charge in [0.2, 0.25) is 0 Å². The number of rotatable bonds is 3. The van der Waals surface area contributed by atoms with Crippen LogP contribution in [0.15, 0.2) is 36.4 Å². The number of aromatic nitrogens is 1. The van der Waals surface area contributed by atoms with Gasteiger partial charge in [0.25, 0.3) is 5.91 Å². The lowest BCUT2D eigenvalue weighted by molar-refractivity contribution is -0.141. The Balaban J connectivity index is 2.43. The molecule has 3 N–H and O–H groups in total. The normalized spacial score (nSPS) is 11.2. The van der Waals surface area contributed by atoms with Crippen molar-refractivity contribution >= 4 is 29.0 Å². The van der Waals surface area contributed by atoms with Gasteiger partial charge in [-0.1, -0.05) is 11.6 Å². The van der Waals surface area contributed by atoms with Crippen molar-refractivity contribution in [3.63, 3.8) is 0 Å². The van der Waals surface area contributed by atoms with E-state index in [1.807, 2.05) is 0 Å². The van der Waals surface area contributed by atoms with Crippen LogP contribution in [0, 0.1) is 0 Å². The van der Waals surface area contributed by atoms with Gasteiger partial charge in [-0.2, -0.15) is 13.2 Å². The van der Waals surface area contributed by atoms with E-state index in [1.54, 1.807) is 12.1 Å². The van der Waals surface area contributed by atoms with Crippen LogP contribution < -0.4 is 11.1 Å². The van der Waals surface area contributed by atoms with Crippen molar-refractivity contribution in [2.24, 2.45) is 5.73 Å². The van der Waals surface area contributed by atoms with Gasteiger partial charge in [-0.3, -0.25) is 4.79 Å². The standard InChI is InChI=1S/C13H9ClF3N3O/c14-7-1-3-8(4-2-7)19-12-9(11(18)21)5-6-10(20-12)13(15,16)17/h1-6H,(H2,18,21)(H,19,20). The summed E-state index contributed by atoms with van der Waals surface area (Å²) >= 11 is 5.72. The number of nitrogens with one attached hydrogen (secondary N) is 1. The second kappa shape index (κ2) is 5.61. The Morgan fingerprint density at radius 1 is 1.14 bits per heavy atom. The number of primary amides is 1. The lowest BCUT2D eigenvalue weighted by atomic mass is 10.2. The van der Waals surface area contributed by atoms with Crippen molar-refractivity contribution in [1.29, 1.82) is 0 Å². The largest absolute Gasteiger partial charge is 0.433 e. The minimum Gasteiger partial charge on any atom is -0.365 e. The summed E-state index contributed by atoms with van der Waals surface area (Å²) < 4.78 is 38.0. The SMILES string of the molecule is NC(=O)c1ccc(C(F)(F)F)nc1Nc1ccc(Cl)cc1. The Labute approximate surface area is 122 Å². The third-order valence-corrected chi connectivity index (χ3v) is 2.81. The fourth-order valence-corrected chi connectivity index (χ4v) is 1.71. The Morgan fingerprint density at radius 3 is 2.29 bits per heavy atom. The van der Waals surface area contributed by atoms with E-state index in [0.717, 1.165) is 6.07 Å². The molecule has 0 saturated carbocycles. The molecule has 110 valence electrons. The number of anilines is 2. The van der Waals surface area contributed by atoms with Crippen molar-refractivity contribution < 1.29 is 18.0 Å². The molecule has 0 fully saturated rings. The first-order valence-electron chi connectivity index (χ1n) is 5.68. The number of alkyl halides is 3. The van der Waals surface area contributed by atoms with E-state index in [0.29, 0.717) is 16.8 Å². The summed E-state index contributed by atoms with van der Waals surface area (Å²) in [5.74, 6) is -1.15. The zero-order chi connectivity index (χ0) is 15.6. The van der Waals surface area contributed by atoms with Gasteiger partial charge >= 0.3 is 6.18 Å². The highest BCUT2D eigenvalue weighted by atomic mass is 35.5. The second-order valence-corrected chi connectivity index (χ2v) is 4.52. The summed E-state index contributed by atoms with van der Waals surface area (Å²) in [5.41, 5.74) is 4.29. The zero-order valence-corrected chi connectivity index (χ0v) is 11.2. The second-order valence-electron chi connectivity index (χ2n) is 4.09. The minimum absolute atomic E-state index is 0.141. The Bertz CT molecular complexity index is 671. The number of nitrogens with zero attached hydrogens (tertiary/aromatic N) is 1. The third-order valence-electron chi connectivity index (χ3n) is 2.56. The van der Waals surface area contributed by atoms with E-state index in [2.05, 4.69) is 10.3 Å². The average molecular weight is 316 g/mol. The number of pyridine rings is 1. The summed E-state index contributed by atoms with van der Waals surface area (Å²) in [7, 11) is 0. The third kappa shape index (κ3) is 3.63. The van der Waals surface area contributed by atoms with Crippen LogP contribution in [0.25, 0.3) is 0 Å². The molecule has 1 amide bonds. The highest BCUT2D eigenvalue weighted by molar-refractivity contribution is 6.30. The number of hydrogen-bond acceptors (Lipinski definition) is 3. The molecule has 0 unspecified atom stereocenters. The maximum Gasteiger partial charge on any atom is 0.433 e. The smallest absolute Gasteiger partial charge is 0.365 e. The predicted molar refractivity (Wildman–Crippen MR) is 72.5 cm³/mol. The van der Waals surface area contributed by atoms with Crippen molar-refractivity contribution in [1.82, 2.24) is 4.98 Å². The van der Waals surface area contributed by atoms with Crippen LogP contribution in [-0.4, -0.2) is 10.9 Å². The van der Waals surface area contributed by atoms with E-state index in [1.165, 1.54) is 12.1 Å². The molecule has 0 bridgehead atoms. The van der Waals surface area contributed by atoms with Crippen LogP contribution in [0.2, 0.25) is 5.02 Å². The molecule has 8 heteroatoms. The number of carbonyl (C=O) groups excluding carboxylic acids is 1. The number of halogens is 4. The summed E-state index contributed by atoms with van der Waals surface area (Å²) in [6.45, 7) is 0. The van der Waals surface area contributed by atoms with E-state index in [9.17, 15) is 18.0 Å². The molecule has 4 nitrogen and oxygen atoms in total. The van der Waals surface area contributed by atoms with Crippen LogP contribution in [0.4, 0.5) is 24.7 Å². The van der Waals surface area contributed by atoms with Crippen LogP contribution in [-0.2, 0) is 6.18 Å². The molecule has 0 radical (unpaired) electrons. The Morgan fingerprint density at radius 2 is 1.76 bits per heavy atom. The van der Waals surface area contributed by atoms with Crippen LogP contribution >= 0.6 is 11.6 Å². The number of carbonyl (C=O) groups is 1. The fraction of sp³-hybridized carbons (Fsp3) is 0.0769. The van der Waals surface area contributed by atoms with Gasteiger partial charge in [-0.05, 0) is 36.4 Å². The van der Waals surface area contributed by atoms with E-state index >= 15 is 0 Å². The zero-order valence-electron chi connectivity index (χ0n) is 10.4. The molecule has 0 aliphatic rings. The van der Waals surface area contributed by atoms with Gasteiger partial charge in [0.05, 0.1) is 5.56 Å². The molecular weight excluding hydrogens is 307 g/mol. The topological polar surface area (TPSA) is 68.0 Å². The number of amides is 1. The number of hydrogen-bond donors (Lipinski definition) is 2. The number of nitrogens with two attached hydrogens (primary N) is 1. The molecule has 0 atom stereocenters. The van der Waals surface area contributed by atoms with E-state index in [-0.39, 0.29) is 11.4 Å². The lowest BCUT2D eigenvalue weighted by Gasteiger charge is -2.12. The predicted octanol–water partition coefficient (Wildman–Crippen LogP) is 3.60. The molecule has 0 aliphatic carbocycles. The molecule has 2 aromatic rings. The molecule has 0 aliphatic heterocycles. The molecule has 0 spiro atoms. The molecule has 1 heterocycles. The monoisotopic (exact) mass is 315 g/mol. The van der Waals surface area contributed by atoms with Crippen molar-refractivity contribution in [2.75, 3.05) is 5.32 Å². The van der Waals surface area contributed by atoms with Gasteiger partial charge in [0.15, 0.2) is 0 Å². The van der Waals surface area contributed by atoms with Crippen LogP contribution in [0.1, 0.15) is 16.1 Å².